The third-order valence-electron chi connectivity index (χ3n) is 6.11. The summed E-state index contributed by atoms with van der Waals surface area (Å²) in [4.78, 5) is 4.70. The summed E-state index contributed by atoms with van der Waals surface area (Å²) in [6, 6.07) is 9.72. The fraction of sp³-hybridized carbons (Fsp3) is 0.409. The summed E-state index contributed by atoms with van der Waals surface area (Å²) in [5, 5.41) is 13.2. The molecule has 4 heterocycles. The molecule has 0 radical (unpaired) electrons. The molecule has 2 aromatic heterocycles. The molecule has 29 heavy (non-hydrogen) atoms. The Bertz CT molecular complexity index is 991. The van der Waals surface area contributed by atoms with E-state index in [1.54, 1.807) is 12.1 Å². The van der Waals surface area contributed by atoms with E-state index in [-0.39, 0.29) is 5.82 Å². The van der Waals surface area contributed by atoms with E-state index >= 15 is 0 Å². The first-order chi connectivity index (χ1) is 14.2. The predicted octanol–water partition coefficient (Wildman–Crippen LogP) is 3.53. The number of aromatic nitrogens is 4. The molecule has 0 spiro atoms. The van der Waals surface area contributed by atoms with Crippen LogP contribution in [-0.2, 0) is 13.0 Å². The number of fused-ring (bicyclic) bond motifs is 1. The van der Waals surface area contributed by atoms with Crippen molar-refractivity contribution < 1.29 is 4.39 Å². The third-order valence-corrected chi connectivity index (χ3v) is 6.11. The van der Waals surface area contributed by atoms with Gasteiger partial charge in [-0.1, -0.05) is 6.07 Å². The molecule has 0 saturated carbocycles. The van der Waals surface area contributed by atoms with Crippen LogP contribution in [0.25, 0.3) is 11.3 Å². The number of halogens is 1. The normalized spacial score (nSPS) is 17.0. The van der Waals surface area contributed by atoms with Crippen molar-refractivity contribution in [3.8, 4) is 11.3 Å². The van der Waals surface area contributed by atoms with Crippen LogP contribution in [0.1, 0.15) is 25.3 Å². The first-order valence-corrected chi connectivity index (χ1v) is 10.4. The molecular weight excluding hydrogens is 367 g/mol. The maximum Gasteiger partial charge on any atom is 0.151 e. The molecule has 0 atom stereocenters. The van der Waals surface area contributed by atoms with Gasteiger partial charge in [0.1, 0.15) is 5.82 Å². The fourth-order valence-corrected chi connectivity index (χ4v) is 4.48. The number of anilines is 2. The van der Waals surface area contributed by atoms with E-state index in [9.17, 15) is 4.39 Å². The Morgan fingerprint density at radius 3 is 2.66 bits per heavy atom. The lowest BCUT2D eigenvalue weighted by Gasteiger charge is -2.38. The molecule has 1 aromatic carbocycles. The maximum absolute atomic E-state index is 13.7. The molecule has 150 valence electrons. The summed E-state index contributed by atoms with van der Waals surface area (Å²) in [7, 11) is 0. The summed E-state index contributed by atoms with van der Waals surface area (Å²) >= 11 is 0. The second-order valence-electron chi connectivity index (χ2n) is 7.80. The van der Waals surface area contributed by atoms with Crippen LogP contribution >= 0.6 is 0 Å². The summed E-state index contributed by atoms with van der Waals surface area (Å²) in [5.41, 5.74) is 4.19. The Labute approximate surface area is 170 Å². The van der Waals surface area contributed by atoms with E-state index < -0.39 is 0 Å². The average Bonchev–Trinajstić information content (AvgIpc) is 3.41. The van der Waals surface area contributed by atoms with Gasteiger partial charge in [0.2, 0.25) is 0 Å². The van der Waals surface area contributed by atoms with Gasteiger partial charge in [-0.25, -0.2) is 4.39 Å². The minimum atomic E-state index is -0.145. The van der Waals surface area contributed by atoms with Crippen LogP contribution in [0.5, 0.6) is 0 Å². The monoisotopic (exact) mass is 392 g/mol. The number of nitrogens with zero attached hydrogens (tertiary/aromatic N) is 6. The molecule has 0 aliphatic carbocycles. The second-order valence-corrected chi connectivity index (χ2v) is 7.80. The Balaban J connectivity index is 1.24. The molecular formula is C22H25FN6. The fourth-order valence-electron chi connectivity index (χ4n) is 4.48. The van der Waals surface area contributed by atoms with E-state index in [2.05, 4.69) is 32.0 Å². The van der Waals surface area contributed by atoms with E-state index in [1.807, 2.05) is 35.3 Å². The van der Waals surface area contributed by atoms with E-state index in [0.717, 1.165) is 68.2 Å². The number of benzene rings is 1. The molecule has 5 rings (SSSR count). The van der Waals surface area contributed by atoms with Crippen molar-refractivity contribution in [1.82, 2.24) is 20.0 Å². The van der Waals surface area contributed by atoms with Gasteiger partial charge in [-0.2, -0.15) is 5.10 Å². The smallest absolute Gasteiger partial charge is 0.151 e. The Kier molecular flexibility index (Phi) is 4.66. The van der Waals surface area contributed by atoms with Crippen molar-refractivity contribution in [2.75, 3.05) is 29.4 Å². The van der Waals surface area contributed by atoms with Gasteiger partial charge in [0.05, 0.1) is 11.9 Å². The molecule has 0 amide bonds. The maximum atomic E-state index is 13.7. The minimum absolute atomic E-state index is 0.145. The molecule has 1 saturated heterocycles. The minimum Gasteiger partial charge on any atom is -0.368 e. The lowest BCUT2D eigenvalue weighted by molar-refractivity contribution is 0.469. The van der Waals surface area contributed by atoms with Crippen LogP contribution in [0.15, 0.2) is 42.7 Å². The standard InChI is InChI=1S/C22H25FN6/c1-2-28-15-17(14-24-28)20-5-6-22(26-25-20)27-10-8-19(9-11-27)29-12-7-16-3-4-18(23)13-21(16)29/h3-6,13-15,19H,2,7-12H2,1H3. The summed E-state index contributed by atoms with van der Waals surface area (Å²) in [5.74, 6) is 0.774. The zero-order valence-electron chi connectivity index (χ0n) is 16.6. The summed E-state index contributed by atoms with van der Waals surface area (Å²) in [6.07, 6.45) is 6.92. The zero-order chi connectivity index (χ0) is 19.8. The van der Waals surface area contributed by atoms with Gasteiger partial charge in [0.25, 0.3) is 0 Å². The van der Waals surface area contributed by atoms with Crippen LogP contribution in [0.2, 0.25) is 0 Å². The highest BCUT2D eigenvalue weighted by Gasteiger charge is 2.30. The lowest BCUT2D eigenvalue weighted by Crippen LogP contribution is -2.44. The summed E-state index contributed by atoms with van der Waals surface area (Å²) in [6.45, 7) is 5.77. The van der Waals surface area contributed by atoms with Crippen molar-refractivity contribution in [3.63, 3.8) is 0 Å². The molecule has 7 heteroatoms. The highest BCUT2D eigenvalue weighted by Crippen LogP contribution is 2.33. The highest BCUT2D eigenvalue weighted by molar-refractivity contribution is 5.60. The lowest BCUT2D eigenvalue weighted by atomic mass is 10.0. The van der Waals surface area contributed by atoms with Crippen LogP contribution in [0.3, 0.4) is 0 Å². The predicted molar refractivity (Wildman–Crippen MR) is 112 cm³/mol. The molecule has 3 aromatic rings. The van der Waals surface area contributed by atoms with E-state index in [1.165, 1.54) is 5.56 Å². The Morgan fingerprint density at radius 1 is 1.07 bits per heavy atom. The van der Waals surface area contributed by atoms with Crippen LogP contribution < -0.4 is 9.80 Å². The van der Waals surface area contributed by atoms with Crippen molar-refractivity contribution in [2.24, 2.45) is 0 Å². The van der Waals surface area contributed by atoms with Gasteiger partial charge in [0.15, 0.2) is 5.82 Å². The molecule has 1 fully saturated rings. The topological polar surface area (TPSA) is 50.1 Å². The number of hydrogen-bond acceptors (Lipinski definition) is 5. The number of piperidine rings is 1. The van der Waals surface area contributed by atoms with Gasteiger partial charge in [-0.3, -0.25) is 4.68 Å². The first kappa shape index (κ1) is 18.1. The zero-order valence-corrected chi connectivity index (χ0v) is 16.6. The van der Waals surface area contributed by atoms with Gasteiger partial charge >= 0.3 is 0 Å². The quantitative estimate of drug-likeness (QED) is 0.680. The summed E-state index contributed by atoms with van der Waals surface area (Å²) < 4.78 is 15.6. The van der Waals surface area contributed by atoms with Crippen LogP contribution in [0.4, 0.5) is 15.9 Å². The Hall–Kier alpha value is -2.96. The molecule has 6 nitrogen and oxygen atoms in total. The second kappa shape index (κ2) is 7.46. The van der Waals surface area contributed by atoms with Gasteiger partial charge in [-0.15, -0.1) is 10.2 Å². The van der Waals surface area contributed by atoms with Crippen LogP contribution in [-0.4, -0.2) is 45.7 Å². The highest BCUT2D eigenvalue weighted by atomic mass is 19.1. The van der Waals surface area contributed by atoms with Gasteiger partial charge in [0, 0.05) is 49.7 Å². The molecule has 2 aliphatic rings. The average molecular weight is 392 g/mol. The van der Waals surface area contributed by atoms with Crippen LogP contribution in [0, 0.1) is 5.82 Å². The SMILES string of the molecule is CCn1cc(-c2ccc(N3CCC(N4CCc5ccc(F)cc54)CC3)nn2)cn1. The number of hydrogen-bond donors (Lipinski definition) is 0. The third kappa shape index (κ3) is 3.45. The van der Waals surface area contributed by atoms with Crippen molar-refractivity contribution >= 4 is 11.5 Å². The van der Waals surface area contributed by atoms with Crippen molar-refractivity contribution in [3.05, 3.63) is 54.1 Å². The molecule has 0 unspecified atom stereocenters. The first-order valence-electron chi connectivity index (χ1n) is 10.4. The van der Waals surface area contributed by atoms with E-state index in [0.29, 0.717) is 6.04 Å². The number of aryl methyl sites for hydroxylation is 1. The van der Waals surface area contributed by atoms with Crippen molar-refractivity contribution in [2.45, 2.75) is 38.8 Å². The van der Waals surface area contributed by atoms with Gasteiger partial charge in [-0.05, 0) is 56.0 Å². The van der Waals surface area contributed by atoms with Gasteiger partial charge < -0.3 is 9.80 Å². The van der Waals surface area contributed by atoms with Crippen molar-refractivity contribution in [1.29, 1.82) is 0 Å². The molecule has 0 bridgehead atoms. The Morgan fingerprint density at radius 2 is 1.93 bits per heavy atom. The molecule has 2 aliphatic heterocycles. The largest absolute Gasteiger partial charge is 0.368 e. The number of rotatable bonds is 4. The molecule has 0 N–H and O–H groups in total. The van der Waals surface area contributed by atoms with E-state index in [4.69, 9.17) is 0 Å².